The van der Waals surface area contributed by atoms with Crippen LogP contribution in [0.5, 0.6) is 0 Å². The number of anilines is 1. The average Bonchev–Trinajstić information content (AvgIpc) is 2.38. The Labute approximate surface area is 129 Å². The molecular weight excluding hydrogens is 260 g/mol. The molecule has 21 heavy (non-hydrogen) atoms. The molecule has 118 valence electrons. The number of amides is 1. The molecular formula is C18H30N2O. The van der Waals surface area contributed by atoms with Crippen LogP contribution in [-0.4, -0.2) is 12.5 Å². The number of carbonyl (C=O) groups is 1. The van der Waals surface area contributed by atoms with Gasteiger partial charge in [-0.2, -0.15) is 0 Å². The van der Waals surface area contributed by atoms with Crippen molar-refractivity contribution in [3.05, 3.63) is 29.3 Å². The van der Waals surface area contributed by atoms with E-state index in [4.69, 9.17) is 5.73 Å². The van der Waals surface area contributed by atoms with Crippen LogP contribution in [-0.2, 0) is 4.79 Å². The first-order chi connectivity index (χ1) is 9.76. The number of nitrogens with one attached hydrogen (secondary N) is 1. The number of carbonyl (C=O) groups excluding carboxylic acids is 1. The molecule has 0 saturated heterocycles. The standard InChI is InChI=1S/C18H30N2O/c1-13(2)15-8-6-7-14(3)17(15)20-16(21)9-10-18(4,5)11-12-19/h6-8,13H,9-12,19H2,1-5H3,(H,20,21). The monoisotopic (exact) mass is 290 g/mol. The lowest BCUT2D eigenvalue weighted by Gasteiger charge is -2.23. The zero-order valence-corrected chi connectivity index (χ0v) is 14.1. The second-order valence-electron chi connectivity index (χ2n) is 6.94. The van der Waals surface area contributed by atoms with Crippen LogP contribution in [0.1, 0.15) is 64.0 Å². The average molecular weight is 290 g/mol. The van der Waals surface area contributed by atoms with Gasteiger partial charge in [0, 0.05) is 12.1 Å². The molecule has 1 rings (SSSR count). The van der Waals surface area contributed by atoms with Gasteiger partial charge in [0.2, 0.25) is 5.91 Å². The van der Waals surface area contributed by atoms with E-state index < -0.39 is 0 Å². The maximum atomic E-state index is 12.2. The third kappa shape index (κ3) is 5.50. The van der Waals surface area contributed by atoms with Crippen LogP contribution in [0.4, 0.5) is 5.69 Å². The molecule has 3 N–H and O–H groups in total. The fraction of sp³-hybridized carbons (Fsp3) is 0.611. The largest absolute Gasteiger partial charge is 0.330 e. The number of rotatable bonds is 7. The van der Waals surface area contributed by atoms with Crippen molar-refractivity contribution in [3.63, 3.8) is 0 Å². The maximum absolute atomic E-state index is 12.2. The number of aryl methyl sites for hydroxylation is 1. The molecule has 1 aromatic carbocycles. The van der Waals surface area contributed by atoms with Gasteiger partial charge < -0.3 is 11.1 Å². The highest BCUT2D eigenvalue weighted by molar-refractivity contribution is 5.92. The fourth-order valence-electron chi connectivity index (χ4n) is 2.51. The Morgan fingerprint density at radius 3 is 2.52 bits per heavy atom. The molecule has 0 fully saturated rings. The smallest absolute Gasteiger partial charge is 0.224 e. The van der Waals surface area contributed by atoms with Gasteiger partial charge in [0.25, 0.3) is 0 Å². The molecule has 0 aromatic heterocycles. The third-order valence-electron chi connectivity index (χ3n) is 4.04. The highest BCUT2D eigenvalue weighted by atomic mass is 16.1. The molecule has 3 heteroatoms. The summed E-state index contributed by atoms with van der Waals surface area (Å²) in [6.45, 7) is 11.3. The van der Waals surface area contributed by atoms with Crippen LogP contribution < -0.4 is 11.1 Å². The first-order valence-electron chi connectivity index (χ1n) is 7.86. The minimum absolute atomic E-state index is 0.0938. The Kier molecular flexibility index (Phi) is 6.41. The van der Waals surface area contributed by atoms with E-state index in [1.807, 2.05) is 19.1 Å². The molecule has 0 heterocycles. The summed E-state index contributed by atoms with van der Waals surface area (Å²) >= 11 is 0. The molecule has 0 radical (unpaired) electrons. The quantitative estimate of drug-likeness (QED) is 0.790. The molecule has 0 saturated carbocycles. The molecule has 0 spiro atoms. The first-order valence-corrected chi connectivity index (χ1v) is 7.86. The normalized spacial score (nSPS) is 11.8. The van der Waals surface area contributed by atoms with Crippen LogP contribution >= 0.6 is 0 Å². The number of nitrogens with two attached hydrogens (primary N) is 1. The topological polar surface area (TPSA) is 55.1 Å². The van der Waals surface area contributed by atoms with Crippen molar-refractivity contribution < 1.29 is 4.79 Å². The van der Waals surface area contributed by atoms with Gasteiger partial charge in [-0.1, -0.05) is 45.9 Å². The lowest BCUT2D eigenvalue weighted by Crippen LogP contribution is -2.21. The van der Waals surface area contributed by atoms with Gasteiger partial charge in [0.05, 0.1) is 0 Å². The van der Waals surface area contributed by atoms with Crippen molar-refractivity contribution in [2.75, 3.05) is 11.9 Å². The van der Waals surface area contributed by atoms with Crippen molar-refractivity contribution >= 4 is 11.6 Å². The van der Waals surface area contributed by atoms with E-state index in [0.29, 0.717) is 18.9 Å². The van der Waals surface area contributed by atoms with Crippen molar-refractivity contribution in [2.45, 2.75) is 59.8 Å². The lowest BCUT2D eigenvalue weighted by atomic mass is 9.84. The molecule has 0 aliphatic rings. The van der Waals surface area contributed by atoms with Gasteiger partial charge in [-0.15, -0.1) is 0 Å². The van der Waals surface area contributed by atoms with Crippen molar-refractivity contribution in [1.29, 1.82) is 0 Å². The van der Waals surface area contributed by atoms with Gasteiger partial charge in [-0.25, -0.2) is 0 Å². The molecule has 0 aliphatic carbocycles. The van der Waals surface area contributed by atoms with Crippen LogP contribution in [0.15, 0.2) is 18.2 Å². The maximum Gasteiger partial charge on any atom is 0.224 e. The van der Waals surface area contributed by atoms with E-state index in [-0.39, 0.29) is 11.3 Å². The lowest BCUT2D eigenvalue weighted by molar-refractivity contribution is -0.116. The predicted molar refractivity (Wildman–Crippen MR) is 90.6 cm³/mol. The molecule has 1 aromatic rings. The minimum atomic E-state index is 0.0938. The van der Waals surface area contributed by atoms with Crippen LogP contribution in [0.25, 0.3) is 0 Å². The summed E-state index contributed by atoms with van der Waals surface area (Å²) in [6, 6.07) is 6.18. The molecule has 1 amide bonds. The Hall–Kier alpha value is -1.35. The Balaban J connectivity index is 2.72. The van der Waals surface area contributed by atoms with Crippen molar-refractivity contribution in [1.82, 2.24) is 0 Å². The van der Waals surface area contributed by atoms with Gasteiger partial charge in [0.1, 0.15) is 0 Å². The van der Waals surface area contributed by atoms with Crippen LogP contribution in [0.2, 0.25) is 0 Å². The summed E-state index contributed by atoms with van der Waals surface area (Å²) in [4.78, 5) is 12.2. The van der Waals surface area contributed by atoms with Gasteiger partial charge in [-0.3, -0.25) is 4.79 Å². The van der Waals surface area contributed by atoms with E-state index in [1.54, 1.807) is 0 Å². The fourth-order valence-corrected chi connectivity index (χ4v) is 2.51. The van der Waals surface area contributed by atoms with Crippen molar-refractivity contribution in [3.8, 4) is 0 Å². The summed E-state index contributed by atoms with van der Waals surface area (Å²) in [5.74, 6) is 0.491. The third-order valence-corrected chi connectivity index (χ3v) is 4.04. The Morgan fingerprint density at radius 2 is 1.95 bits per heavy atom. The summed E-state index contributed by atoms with van der Waals surface area (Å²) in [5.41, 5.74) is 9.04. The Morgan fingerprint density at radius 1 is 1.29 bits per heavy atom. The highest BCUT2D eigenvalue weighted by Gasteiger charge is 2.19. The van der Waals surface area contributed by atoms with Crippen molar-refractivity contribution in [2.24, 2.45) is 11.1 Å². The summed E-state index contributed by atoms with van der Waals surface area (Å²) < 4.78 is 0. The summed E-state index contributed by atoms with van der Waals surface area (Å²) in [6.07, 6.45) is 2.35. The first kappa shape index (κ1) is 17.7. The number of para-hydroxylation sites is 1. The Bertz CT molecular complexity index is 478. The predicted octanol–water partition coefficient (Wildman–Crippen LogP) is 4.21. The minimum Gasteiger partial charge on any atom is -0.330 e. The van der Waals surface area contributed by atoms with E-state index in [9.17, 15) is 4.79 Å². The van der Waals surface area contributed by atoms with Gasteiger partial charge in [-0.05, 0) is 48.8 Å². The van der Waals surface area contributed by atoms with Gasteiger partial charge >= 0.3 is 0 Å². The zero-order chi connectivity index (χ0) is 16.0. The van der Waals surface area contributed by atoms with Crippen LogP contribution in [0, 0.1) is 12.3 Å². The van der Waals surface area contributed by atoms with E-state index in [1.165, 1.54) is 5.56 Å². The number of hydrogen-bond acceptors (Lipinski definition) is 2. The summed E-state index contributed by atoms with van der Waals surface area (Å²) in [7, 11) is 0. The molecule has 0 bridgehead atoms. The molecule has 3 nitrogen and oxygen atoms in total. The molecule has 0 aliphatic heterocycles. The van der Waals surface area contributed by atoms with E-state index >= 15 is 0 Å². The highest BCUT2D eigenvalue weighted by Crippen LogP contribution is 2.29. The summed E-state index contributed by atoms with van der Waals surface area (Å²) in [5, 5.41) is 3.10. The zero-order valence-electron chi connectivity index (χ0n) is 14.1. The molecule has 0 atom stereocenters. The second-order valence-corrected chi connectivity index (χ2v) is 6.94. The number of hydrogen-bond donors (Lipinski definition) is 2. The van der Waals surface area contributed by atoms with E-state index in [2.05, 4.69) is 39.1 Å². The van der Waals surface area contributed by atoms with Gasteiger partial charge in [0.15, 0.2) is 0 Å². The molecule has 0 unspecified atom stereocenters. The van der Waals surface area contributed by atoms with E-state index in [0.717, 1.165) is 24.1 Å². The SMILES string of the molecule is Cc1cccc(C(C)C)c1NC(=O)CCC(C)(C)CCN. The van der Waals surface area contributed by atoms with Crippen LogP contribution in [0.3, 0.4) is 0 Å². The number of benzene rings is 1. The second kappa shape index (κ2) is 7.60.